The highest BCUT2D eigenvalue weighted by Crippen LogP contribution is 2.47. The number of halogens is 1. The number of carbonyl (C=O) groups is 1. The number of hydrogen-bond donors (Lipinski definition) is 1. The van der Waals surface area contributed by atoms with Gasteiger partial charge in [-0.15, -0.1) is 16.4 Å². The van der Waals surface area contributed by atoms with Gasteiger partial charge in [-0.3, -0.25) is 4.79 Å². The van der Waals surface area contributed by atoms with Crippen LogP contribution in [0.2, 0.25) is 0 Å². The lowest BCUT2D eigenvalue weighted by Gasteiger charge is -2.38. The molecule has 0 fully saturated rings. The molecule has 0 amide bonds. The summed E-state index contributed by atoms with van der Waals surface area (Å²) in [5.74, 6) is 0.989. The van der Waals surface area contributed by atoms with Crippen molar-refractivity contribution in [2.45, 2.75) is 39.7 Å². The molecule has 1 aliphatic heterocycles. The van der Waals surface area contributed by atoms with E-state index in [1.807, 2.05) is 10.1 Å². The number of aromatic nitrogens is 3. The number of ketones is 1. The number of rotatable bonds is 2. The van der Waals surface area contributed by atoms with E-state index in [4.69, 9.17) is 5.10 Å². The van der Waals surface area contributed by atoms with Crippen molar-refractivity contribution in [1.29, 1.82) is 0 Å². The molecule has 1 unspecified atom stereocenters. The van der Waals surface area contributed by atoms with Gasteiger partial charge in [0.15, 0.2) is 11.6 Å². The molecule has 0 saturated heterocycles. The number of fused-ring (bicyclic) bond motifs is 1. The van der Waals surface area contributed by atoms with Crippen LogP contribution in [0.4, 0.5) is 10.3 Å². The van der Waals surface area contributed by atoms with Gasteiger partial charge in [-0.25, -0.2) is 9.07 Å². The Hall–Kier alpha value is -2.80. The lowest BCUT2D eigenvalue weighted by molar-refractivity contribution is -0.118. The number of thiophene rings is 1. The average molecular weight is 409 g/mol. The summed E-state index contributed by atoms with van der Waals surface area (Å²) in [5.41, 5.74) is 3.50. The number of Topliss-reactive ketones (excluding diaryl/α,β-unsaturated/α-hetero) is 1. The van der Waals surface area contributed by atoms with Crippen LogP contribution in [0, 0.1) is 18.2 Å². The Bertz CT molecular complexity index is 1160. The Morgan fingerprint density at radius 3 is 2.66 bits per heavy atom. The Balaban J connectivity index is 1.68. The van der Waals surface area contributed by atoms with Gasteiger partial charge in [-0.05, 0) is 60.0 Å². The van der Waals surface area contributed by atoms with Crippen LogP contribution in [-0.2, 0) is 4.79 Å². The van der Waals surface area contributed by atoms with Crippen LogP contribution in [0.25, 0.3) is 11.4 Å². The molecular formula is C22H21FN4OS. The minimum atomic E-state index is -0.298. The second-order valence-electron chi connectivity index (χ2n) is 8.54. The molecule has 0 bridgehead atoms. The van der Waals surface area contributed by atoms with Crippen molar-refractivity contribution in [3.05, 3.63) is 63.2 Å². The largest absolute Gasteiger partial charge is 0.328 e. The third-order valence-corrected chi connectivity index (χ3v) is 6.66. The van der Waals surface area contributed by atoms with Crippen LogP contribution in [0.5, 0.6) is 0 Å². The number of carbonyl (C=O) groups excluding carboxylic acids is 1. The Labute approximate surface area is 172 Å². The smallest absolute Gasteiger partial charge is 0.226 e. The fraction of sp³-hybridized carbons (Fsp3) is 0.318. The molecule has 2 aromatic heterocycles. The number of hydrogen-bond acceptors (Lipinski definition) is 5. The molecule has 7 heteroatoms. The molecule has 3 heterocycles. The zero-order valence-electron chi connectivity index (χ0n) is 16.5. The van der Waals surface area contributed by atoms with Gasteiger partial charge >= 0.3 is 0 Å². The van der Waals surface area contributed by atoms with Crippen molar-refractivity contribution in [3.63, 3.8) is 0 Å². The van der Waals surface area contributed by atoms with Crippen molar-refractivity contribution in [2.75, 3.05) is 5.32 Å². The van der Waals surface area contributed by atoms with E-state index in [0.717, 1.165) is 33.7 Å². The Morgan fingerprint density at radius 2 is 1.97 bits per heavy atom. The minimum Gasteiger partial charge on any atom is -0.328 e. The molecule has 2 aliphatic rings. The van der Waals surface area contributed by atoms with E-state index in [1.165, 1.54) is 12.1 Å². The summed E-state index contributed by atoms with van der Waals surface area (Å²) in [5, 5.41) is 10.2. The molecule has 5 rings (SSSR count). The predicted molar refractivity (Wildman–Crippen MR) is 111 cm³/mol. The molecular weight excluding hydrogens is 387 g/mol. The molecule has 5 nitrogen and oxygen atoms in total. The lowest BCUT2D eigenvalue weighted by atomic mass is 9.73. The van der Waals surface area contributed by atoms with Crippen molar-refractivity contribution in [3.8, 4) is 11.4 Å². The van der Waals surface area contributed by atoms with Crippen molar-refractivity contribution in [2.24, 2.45) is 5.41 Å². The highest BCUT2D eigenvalue weighted by molar-refractivity contribution is 7.10. The molecule has 0 spiro atoms. The van der Waals surface area contributed by atoms with Gasteiger partial charge in [0.25, 0.3) is 0 Å². The first-order chi connectivity index (χ1) is 13.8. The van der Waals surface area contributed by atoms with Crippen LogP contribution in [-0.4, -0.2) is 20.5 Å². The monoisotopic (exact) mass is 408 g/mol. The molecule has 3 aromatic rings. The predicted octanol–water partition coefficient (Wildman–Crippen LogP) is 5.11. The van der Waals surface area contributed by atoms with Crippen LogP contribution in [0.1, 0.15) is 43.2 Å². The van der Waals surface area contributed by atoms with Gasteiger partial charge in [0.05, 0.1) is 0 Å². The van der Waals surface area contributed by atoms with Gasteiger partial charge in [-0.2, -0.15) is 4.98 Å². The highest BCUT2D eigenvalue weighted by atomic mass is 32.1. The normalized spacial score (nSPS) is 20.3. The summed E-state index contributed by atoms with van der Waals surface area (Å²) in [4.78, 5) is 19.0. The van der Waals surface area contributed by atoms with E-state index in [0.29, 0.717) is 18.2 Å². The zero-order chi connectivity index (χ0) is 20.3. The summed E-state index contributed by atoms with van der Waals surface area (Å²) in [6, 6.07) is 7.93. The number of nitrogens with one attached hydrogen (secondary N) is 1. The molecule has 0 saturated carbocycles. The summed E-state index contributed by atoms with van der Waals surface area (Å²) < 4.78 is 15.1. The molecule has 1 aliphatic carbocycles. The molecule has 29 heavy (non-hydrogen) atoms. The van der Waals surface area contributed by atoms with Crippen LogP contribution < -0.4 is 5.32 Å². The van der Waals surface area contributed by atoms with Crippen LogP contribution in [0.15, 0.2) is 47.0 Å². The van der Waals surface area contributed by atoms with E-state index in [9.17, 15) is 9.18 Å². The first-order valence-corrected chi connectivity index (χ1v) is 10.5. The SMILES string of the molecule is Cc1ccsc1C1C2=C(CC(C)(C)CC2=O)Nc2nc(-c3ccc(F)cc3)nn21. The van der Waals surface area contributed by atoms with Crippen molar-refractivity contribution >= 4 is 23.1 Å². The maximum absolute atomic E-state index is 13.3. The maximum Gasteiger partial charge on any atom is 0.226 e. The van der Waals surface area contributed by atoms with E-state index in [2.05, 4.69) is 37.1 Å². The number of aryl methyl sites for hydroxylation is 1. The van der Waals surface area contributed by atoms with Crippen molar-refractivity contribution in [1.82, 2.24) is 14.8 Å². The molecule has 0 radical (unpaired) electrons. The first kappa shape index (κ1) is 18.2. The lowest BCUT2D eigenvalue weighted by Crippen LogP contribution is -2.36. The van der Waals surface area contributed by atoms with E-state index < -0.39 is 0 Å². The number of allylic oxidation sites excluding steroid dienone is 2. The minimum absolute atomic E-state index is 0.0973. The van der Waals surface area contributed by atoms with Gasteiger partial charge < -0.3 is 5.32 Å². The number of benzene rings is 1. The third-order valence-electron chi connectivity index (χ3n) is 5.58. The highest BCUT2D eigenvalue weighted by Gasteiger charge is 2.42. The van der Waals surface area contributed by atoms with Gasteiger partial charge in [0.1, 0.15) is 11.9 Å². The number of nitrogens with zero attached hydrogens (tertiary/aromatic N) is 3. The summed E-state index contributed by atoms with van der Waals surface area (Å²) >= 11 is 1.63. The van der Waals surface area contributed by atoms with Crippen LogP contribution in [0.3, 0.4) is 0 Å². The standard InChI is InChI=1S/C22H21FN4OS/c1-12-8-9-29-19(12)18-17-15(10-22(2,3)11-16(17)28)24-21-25-20(26-27(18)21)13-4-6-14(23)7-5-13/h4-9,18H,10-11H2,1-3H3,(H,24,25,26). The number of anilines is 1. The fourth-order valence-corrected chi connectivity index (χ4v) is 5.26. The van der Waals surface area contributed by atoms with Crippen molar-refractivity contribution < 1.29 is 9.18 Å². The van der Waals surface area contributed by atoms with Gasteiger partial charge in [0, 0.05) is 28.1 Å². The van der Waals surface area contributed by atoms with E-state index in [-0.39, 0.29) is 23.1 Å². The zero-order valence-corrected chi connectivity index (χ0v) is 17.3. The summed E-state index contributed by atoms with van der Waals surface area (Å²) in [7, 11) is 0. The first-order valence-electron chi connectivity index (χ1n) is 9.62. The molecule has 148 valence electrons. The quantitative estimate of drug-likeness (QED) is 0.640. The Morgan fingerprint density at radius 1 is 1.21 bits per heavy atom. The third kappa shape index (κ3) is 3.00. The Kier molecular flexibility index (Phi) is 4.00. The fourth-order valence-electron chi connectivity index (χ4n) is 4.24. The second kappa shape index (κ2) is 6.35. The molecule has 1 N–H and O–H groups in total. The van der Waals surface area contributed by atoms with E-state index in [1.54, 1.807) is 23.5 Å². The average Bonchev–Trinajstić information content (AvgIpc) is 3.25. The maximum atomic E-state index is 13.3. The molecule has 1 atom stereocenters. The second-order valence-corrected chi connectivity index (χ2v) is 9.49. The summed E-state index contributed by atoms with van der Waals surface area (Å²) in [6.07, 6.45) is 1.30. The topological polar surface area (TPSA) is 59.8 Å². The molecule has 1 aromatic carbocycles. The van der Waals surface area contributed by atoms with E-state index >= 15 is 0 Å². The summed E-state index contributed by atoms with van der Waals surface area (Å²) in [6.45, 7) is 6.29. The van der Waals surface area contributed by atoms with Crippen LogP contribution >= 0.6 is 11.3 Å². The van der Waals surface area contributed by atoms with Gasteiger partial charge in [0.2, 0.25) is 5.95 Å². The van der Waals surface area contributed by atoms with Gasteiger partial charge in [-0.1, -0.05) is 13.8 Å².